The van der Waals surface area contributed by atoms with Crippen LogP contribution in [0.3, 0.4) is 0 Å². The van der Waals surface area contributed by atoms with Crippen molar-refractivity contribution < 1.29 is 0 Å². The van der Waals surface area contributed by atoms with E-state index in [2.05, 4.69) is 43.4 Å². The van der Waals surface area contributed by atoms with Gasteiger partial charge in [-0.3, -0.25) is 9.80 Å². The van der Waals surface area contributed by atoms with Crippen LogP contribution in [0.5, 0.6) is 0 Å². The molecule has 118 valence electrons. The Bertz CT molecular complexity index is 528. The number of piperidine rings is 3. The minimum atomic E-state index is 0.835. The van der Waals surface area contributed by atoms with E-state index >= 15 is 0 Å². The molecule has 1 aromatic rings. The van der Waals surface area contributed by atoms with Crippen molar-refractivity contribution in [1.29, 1.82) is 0 Å². The molecule has 4 aliphatic heterocycles. The van der Waals surface area contributed by atoms with Gasteiger partial charge in [0.2, 0.25) is 0 Å². The molecular formula is C18H25N3S. The van der Waals surface area contributed by atoms with Gasteiger partial charge in [-0.2, -0.15) is 11.3 Å². The Hall–Kier alpha value is -0.860. The van der Waals surface area contributed by atoms with Gasteiger partial charge in [0.25, 0.3) is 0 Å². The first-order valence-corrected chi connectivity index (χ1v) is 9.52. The van der Waals surface area contributed by atoms with E-state index in [1.54, 1.807) is 11.3 Å². The van der Waals surface area contributed by atoms with Crippen molar-refractivity contribution in [1.82, 2.24) is 14.7 Å². The Balaban J connectivity index is 1.26. The van der Waals surface area contributed by atoms with Crippen LogP contribution in [0.15, 0.2) is 16.8 Å². The van der Waals surface area contributed by atoms with E-state index in [-0.39, 0.29) is 0 Å². The Morgan fingerprint density at radius 2 is 1.91 bits per heavy atom. The molecule has 0 N–H and O–H groups in total. The van der Waals surface area contributed by atoms with Crippen LogP contribution in [0.25, 0.3) is 0 Å². The molecule has 0 unspecified atom stereocenters. The number of hydrogen-bond acceptors (Lipinski definition) is 4. The van der Waals surface area contributed by atoms with Gasteiger partial charge >= 0.3 is 0 Å². The summed E-state index contributed by atoms with van der Waals surface area (Å²) < 4.78 is 0. The van der Waals surface area contributed by atoms with E-state index in [9.17, 15) is 0 Å². The first-order valence-electron chi connectivity index (χ1n) is 8.58. The maximum absolute atomic E-state index is 3.33. The predicted octanol–water partition coefficient (Wildman–Crippen LogP) is 1.81. The molecule has 0 aromatic carbocycles. The van der Waals surface area contributed by atoms with E-state index in [0.717, 1.165) is 24.1 Å². The van der Waals surface area contributed by atoms with Gasteiger partial charge in [0, 0.05) is 49.7 Å². The third-order valence-electron chi connectivity index (χ3n) is 5.55. The SMILES string of the molecule is C(#Cc1ccsc1)CN1CCN([C@H]2CN3CCC2CC3)CC1. The molecule has 1 atom stereocenters. The fourth-order valence-corrected chi connectivity index (χ4v) is 4.78. The Labute approximate surface area is 137 Å². The highest BCUT2D eigenvalue weighted by Crippen LogP contribution is 2.31. The highest BCUT2D eigenvalue weighted by Gasteiger charge is 2.38. The van der Waals surface area contributed by atoms with Gasteiger partial charge in [0.1, 0.15) is 0 Å². The highest BCUT2D eigenvalue weighted by molar-refractivity contribution is 7.08. The second-order valence-corrected chi connectivity index (χ2v) is 7.61. The first-order chi connectivity index (χ1) is 10.9. The van der Waals surface area contributed by atoms with Crippen molar-refractivity contribution in [2.24, 2.45) is 5.92 Å². The lowest BCUT2D eigenvalue weighted by Gasteiger charge is -2.50. The van der Waals surface area contributed by atoms with Crippen LogP contribution in [0.1, 0.15) is 18.4 Å². The zero-order valence-electron chi connectivity index (χ0n) is 13.2. The topological polar surface area (TPSA) is 9.72 Å². The molecule has 0 aliphatic carbocycles. The summed E-state index contributed by atoms with van der Waals surface area (Å²) in [6, 6.07) is 2.94. The molecule has 0 saturated carbocycles. The van der Waals surface area contributed by atoms with Gasteiger partial charge in [0.15, 0.2) is 0 Å². The monoisotopic (exact) mass is 315 g/mol. The second kappa shape index (κ2) is 6.72. The smallest absolute Gasteiger partial charge is 0.0606 e. The minimum Gasteiger partial charge on any atom is -0.302 e. The van der Waals surface area contributed by atoms with Crippen molar-refractivity contribution in [3.05, 3.63) is 22.4 Å². The molecule has 5 rings (SSSR count). The number of fused-ring (bicyclic) bond motifs is 3. The molecule has 0 spiro atoms. The van der Waals surface area contributed by atoms with Crippen molar-refractivity contribution >= 4 is 11.3 Å². The molecule has 0 radical (unpaired) electrons. The summed E-state index contributed by atoms with van der Waals surface area (Å²) in [6.07, 6.45) is 2.86. The summed E-state index contributed by atoms with van der Waals surface area (Å²) in [4.78, 5) is 7.94. The van der Waals surface area contributed by atoms with Gasteiger partial charge in [-0.05, 0) is 43.3 Å². The quantitative estimate of drug-likeness (QED) is 0.771. The van der Waals surface area contributed by atoms with Crippen LogP contribution in [0.2, 0.25) is 0 Å². The predicted molar refractivity (Wildman–Crippen MR) is 92.2 cm³/mol. The molecule has 2 bridgehead atoms. The molecule has 0 amide bonds. The minimum absolute atomic E-state index is 0.835. The van der Waals surface area contributed by atoms with Gasteiger partial charge in [-0.25, -0.2) is 0 Å². The summed E-state index contributed by atoms with van der Waals surface area (Å²) in [5.74, 6) is 7.57. The lowest BCUT2D eigenvalue weighted by Crippen LogP contribution is -2.61. The van der Waals surface area contributed by atoms with Crippen molar-refractivity contribution in [3.63, 3.8) is 0 Å². The molecule has 1 aromatic heterocycles. The average molecular weight is 315 g/mol. The van der Waals surface area contributed by atoms with Gasteiger partial charge in [-0.15, -0.1) is 0 Å². The second-order valence-electron chi connectivity index (χ2n) is 6.83. The molecule has 4 aliphatic rings. The number of hydrogen-bond donors (Lipinski definition) is 0. The molecule has 3 nitrogen and oxygen atoms in total. The molecule has 4 fully saturated rings. The summed E-state index contributed by atoms with van der Waals surface area (Å²) in [5, 5.41) is 4.22. The van der Waals surface area contributed by atoms with Crippen molar-refractivity contribution in [3.8, 4) is 11.8 Å². The third-order valence-corrected chi connectivity index (χ3v) is 6.24. The van der Waals surface area contributed by atoms with Crippen LogP contribution in [0, 0.1) is 17.8 Å². The van der Waals surface area contributed by atoms with Crippen molar-refractivity contribution in [2.75, 3.05) is 52.4 Å². The Morgan fingerprint density at radius 1 is 1.09 bits per heavy atom. The zero-order valence-corrected chi connectivity index (χ0v) is 14.0. The molecule has 4 saturated heterocycles. The number of nitrogens with zero attached hydrogens (tertiary/aromatic N) is 3. The van der Waals surface area contributed by atoms with E-state index < -0.39 is 0 Å². The van der Waals surface area contributed by atoms with E-state index in [0.29, 0.717) is 0 Å². The maximum atomic E-state index is 3.33. The van der Waals surface area contributed by atoms with Crippen LogP contribution in [0.4, 0.5) is 0 Å². The normalized spacial score (nSPS) is 32.6. The number of thiophene rings is 1. The fourth-order valence-electron chi connectivity index (χ4n) is 4.19. The van der Waals surface area contributed by atoms with Gasteiger partial charge < -0.3 is 4.90 Å². The van der Waals surface area contributed by atoms with Crippen LogP contribution in [-0.4, -0.2) is 73.1 Å². The molecule has 22 heavy (non-hydrogen) atoms. The first kappa shape index (κ1) is 14.7. The number of piperazine rings is 1. The Morgan fingerprint density at radius 3 is 2.55 bits per heavy atom. The van der Waals surface area contributed by atoms with E-state index in [4.69, 9.17) is 0 Å². The zero-order chi connectivity index (χ0) is 14.8. The molecule has 5 heterocycles. The highest BCUT2D eigenvalue weighted by atomic mass is 32.1. The summed E-state index contributed by atoms with van der Waals surface area (Å²) in [7, 11) is 0. The molecule has 4 heteroatoms. The van der Waals surface area contributed by atoms with Gasteiger partial charge in [0.05, 0.1) is 6.54 Å². The standard InChI is InChI=1S/C18H25N3S/c1(2-16-5-13-22-15-16)6-19-9-11-21(12-10-19)18-14-20-7-3-17(18)4-8-20/h5,13,15,17-18H,3-4,6-12,14H2/t18-/m0/s1. The average Bonchev–Trinajstić information content (AvgIpc) is 3.10. The van der Waals surface area contributed by atoms with E-state index in [1.165, 1.54) is 58.7 Å². The van der Waals surface area contributed by atoms with Crippen LogP contribution >= 0.6 is 11.3 Å². The fraction of sp³-hybridized carbons (Fsp3) is 0.667. The summed E-state index contributed by atoms with van der Waals surface area (Å²) in [5.41, 5.74) is 1.16. The largest absolute Gasteiger partial charge is 0.302 e. The van der Waals surface area contributed by atoms with E-state index in [1.807, 2.05) is 0 Å². The Kier molecular flexibility index (Phi) is 4.49. The van der Waals surface area contributed by atoms with Crippen molar-refractivity contribution in [2.45, 2.75) is 18.9 Å². The lowest BCUT2D eigenvalue weighted by molar-refractivity contribution is -0.0135. The number of rotatable bonds is 2. The summed E-state index contributed by atoms with van der Waals surface area (Å²) in [6.45, 7) is 9.76. The van der Waals surface area contributed by atoms with Crippen LogP contribution < -0.4 is 0 Å². The lowest BCUT2D eigenvalue weighted by atomic mass is 9.83. The van der Waals surface area contributed by atoms with Crippen LogP contribution in [-0.2, 0) is 0 Å². The summed E-state index contributed by atoms with van der Waals surface area (Å²) >= 11 is 1.72. The van der Waals surface area contributed by atoms with Gasteiger partial charge in [-0.1, -0.05) is 11.8 Å². The molecular weight excluding hydrogens is 290 g/mol. The third kappa shape index (κ3) is 3.23. The maximum Gasteiger partial charge on any atom is 0.0606 e.